The Labute approximate surface area is 64.9 Å². The van der Waals surface area contributed by atoms with Crippen molar-refractivity contribution >= 4 is 5.71 Å². The number of oxime groups is 1. The molecule has 0 radical (unpaired) electrons. The van der Waals surface area contributed by atoms with Crippen molar-refractivity contribution in [2.45, 2.75) is 32.7 Å². The molecule has 0 heterocycles. The minimum Gasteiger partial charge on any atom is -0.411 e. The van der Waals surface area contributed by atoms with Gasteiger partial charge in [-0.15, -0.1) is 0 Å². The highest BCUT2D eigenvalue weighted by atomic mass is 16.6. The molecule has 0 aromatic heterocycles. The zero-order valence-electron chi connectivity index (χ0n) is 6.65. The summed E-state index contributed by atoms with van der Waals surface area (Å²) < 4.78 is 0. The second-order valence-electron chi connectivity index (χ2n) is 2.39. The third-order valence-electron chi connectivity index (χ3n) is 1.47. The van der Waals surface area contributed by atoms with Crippen molar-refractivity contribution in [1.29, 1.82) is 0 Å². The third kappa shape index (κ3) is 3.54. The van der Waals surface area contributed by atoms with E-state index in [0.717, 1.165) is 0 Å². The van der Waals surface area contributed by atoms with Crippen LogP contribution in [0.3, 0.4) is 0 Å². The third-order valence-corrected chi connectivity index (χ3v) is 1.47. The Morgan fingerprint density at radius 1 is 1.82 bits per heavy atom. The molecule has 0 aromatic rings. The highest BCUT2D eigenvalue weighted by Gasteiger charge is 2.18. The van der Waals surface area contributed by atoms with E-state index in [1.54, 1.807) is 13.8 Å². The molecule has 5 heteroatoms. The van der Waals surface area contributed by atoms with Crippen LogP contribution in [-0.2, 0) is 0 Å². The summed E-state index contributed by atoms with van der Waals surface area (Å²) in [6.45, 7) is 3.30. The molecule has 0 bridgehead atoms. The number of hydrogen-bond acceptors (Lipinski definition) is 4. The van der Waals surface area contributed by atoms with Gasteiger partial charge in [0.25, 0.3) is 0 Å². The molecule has 64 valence electrons. The molecule has 5 nitrogen and oxygen atoms in total. The topological polar surface area (TPSA) is 75.7 Å². The van der Waals surface area contributed by atoms with Crippen LogP contribution in [0.2, 0.25) is 0 Å². The number of rotatable bonds is 4. The van der Waals surface area contributed by atoms with E-state index in [-0.39, 0.29) is 11.3 Å². The van der Waals surface area contributed by atoms with E-state index < -0.39 is 6.04 Å². The second kappa shape index (κ2) is 4.65. The molecule has 0 saturated carbocycles. The Kier molecular flexibility index (Phi) is 4.17. The zero-order chi connectivity index (χ0) is 8.85. The number of hydrogen-bond donors (Lipinski definition) is 1. The van der Waals surface area contributed by atoms with Crippen molar-refractivity contribution in [2.24, 2.45) is 5.16 Å². The first kappa shape index (κ1) is 9.87. The summed E-state index contributed by atoms with van der Waals surface area (Å²) in [5.74, 6) is 0. The maximum Gasteiger partial charge on any atom is 0.218 e. The number of nitrogens with zero attached hydrogens (tertiary/aromatic N) is 2. The van der Waals surface area contributed by atoms with Crippen LogP contribution in [0, 0.1) is 10.1 Å². The van der Waals surface area contributed by atoms with E-state index in [2.05, 4.69) is 5.16 Å². The monoisotopic (exact) mass is 160 g/mol. The lowest BCUT2D eigenvalue weighted by Gasteiger charge is -2.04. The molecule has 0 fully saturated rings. The van der Waals surface area contributed by atoms with Gasteiger partial charge in [0, 0.05) is 11.3 Å². The first-order valence-electron chi connectivity index (χ1n) is 3.42. The van der Waals surface area contributed by atoms with Crippen LogP contribution in [0.25, 0.3) is 0 Å². The van der Waals surface area contributed by atoms with Crippen LogP contribution in [0.1, 0.15) is 26.7 Å². The van der Waals surface area contributed by atoms with Gasteiger partial charge in [0.2, 0.25) is 6.04 Å². The molecule has 1 unspecified atom stereocenters. The van der Waals surface area contributed by atoms with Gasteiger partial charge in [0.1, 0.15) is 0 Å². The fourth-order valence-corrected chi connectivity index (χ4v) is 0.750. The molecule has 0 aliphatic rings. The average Bonchev–Trinajstić information content (AvgIpc) is 1.99. The molecule has 0 spiro atoms. The van der Waals surface area contributed by atoms with Gasteiger partial charge in [-0.1, -0.05) is 12.1 Å². The van der Waals surface area contributed by atoms with Crippen molar-refractivity contribution in [1.82, 2.24) is 0 Å². The molecule has 0 aliphatic heterocycles. The summed E-state index contributed by atoms with van der Waals surface area (Å²) in [6, 6.07) is -0.620. The second-order valence-corrected chi connectivity index (χ2v) is 2.39. The molecule has 11 heavy (non-hydrogen) atoms. The average molecular weight is 160 g/mol. The molecule has 1 atom stereocenters. The summed E-state index contributed by atoms with van der Waals surface area (Å²) in [5.41, 5.74) is 0.397. The molecular formula is C6H12N2O3. The lowest BCUT2D eigenvalue weighted by molar-refractivity contribution is -0.521. The van der Waals surface area contributed by atoms with Crippen LogP contribution in [-0.4, -0.2) is 21.9 Å². The van der Waals surface area contributed by atoms with E-state index >= 15 is 0 Å². The summed E-state index contributed by atoms with van der Waals surface area (Å²) >= 11 is 0. The molecule has 0 rings (SSSR count). The minimum absolute atomic E-state index is 0.222. The Morgan fingerprint density at radius 3 is 2.64 bits per heavy atom. The molecule has 0 amide bonds. The van der Waals surface area contributed by atoms with E-state index in [1.165, 1.54) is 0 Å². The smallest absolute Gasteiger partial charge is 0.218 e. The maximum absolute atomic E-state index is 10.3. The van der Waals surface area contributed by atoms with Gasteiger partial charge < -0.3 is 5.21 Å². The van der Waals surface area contributed by atoms with Crippen molar-refractivity contribution in [2.75, 3.05) is 0 Å². The highest BCUT2D eigenvalue weighted by Crippen LogP contribution is 2.03. The van der Waals surface area contributed by atoms with Gasteiger partial charge in [-0.25, -0.2) is 0 Å². The molecule has 1 N–H and O–H groups in total. The van der Waals surface area contributed by atoms with Crippen molar-refractivity contribution in [3.8, 4) is 0 Å². The summed E-state index contributed by atoms with van der Waals surface area (Å²) in [6.07, 6.45) is 0.680. The SMILES string of the molecule is CCC(C/C(C)=N/O)[N+](=O)[O-]. The summed E-state index contributed by atoms with van der Waals surface area (Å²) in [5, 5.41) is 21.3. The predicted molar refractivity (Wildman–Crippen MR) is 40.6 cm³/mol. The molecule has 0 saturated heterocycles. The van der Waals surface area contributed by atoms with Crippen molar-refractivity contribution in [3.63, 3.8) is 0 Å². The quantitative estimate of drug-likeness (QED) is 0.291. The Bertz CT molecular complexity index is 167. The zero-order valence-corrected chi connectivity index (χ0v) is 6.65. The number of nitro groups is 1. The lowest BCUT2D eigenvalue weighted by atomic mass is 10.1. The van der Waals surface area contributed by atoms with E-state index in [0.29, 0.717) is 12.1 Å². The normalized spacial score (nSPS) is 14.5. The molecule has 0 aliphatic carbocycles. The van der Waals surface area contributed by atoms with E-state index in [4.69, 9.17) is 5.21 Å². The fourth-order valence-electron chi connectivity index (χ4n) is 0.750. The van der Waals surface area contributed by atoms with Gasteiger partial charge in [0.05, 0.1) is 12.1 Å². The Balaban J connectivity index is 3.98. The first-order valence-corrected chi connectivity index (χ1v) is 3.42. The van der Waals surface area contributed by atoms with Crippen LogP contribution >= 0.6 is 0 Å². The van der Waals surface area contributed by atoms with Gasteiger partial charge >= 0.3 is 0 Å². The van der Waals surface area contributed by atoms with Gasteiger partial charge in [0.15, 0.2) is 0 Å². The Hall–Kier alpha value is -1.13. The van der Waals surface area contributed by atoms with Crippen molar-refractivity contribution in [3.05, 3.63) is 10.1 Å². The molecule has 0 aromatic carbocycles. The van der Waals surface area contributed by atoms with E-state index in [9.17, 15) is 10.1 Å². The van der Waals surface area contributed by atoms with Crippen LogP contribution in [0.5, 0.6) is 0 Å². The summed E-state index contributed by atoms with van der Waals surface area (Å²) in [7, 11) is 0. The maximum atomic E-state index is 10.3. The van der Waals surface area contributed by atoms with Gasteiger partial charge in [-0.05, 0) is 6.92 Å². The summed E-state index contributed by atoms with van der Waals surface area (Å²) in [4.78, 5) is 9.90. The van der Waals surface area contributed by atoms with E-state index in [1.807, 2.05) is 0 Å². The fraction of sp³-hybridized carbons (Fsp3) is 0.833. The van der Waals surface area contributed by atoms with Gasteiger partial charge in [-0.2, -0.15) is 0 Å². The largest absolute Gasteiger partial charge is 0.411 e. The first-order chi connectivity index (χ1) is 5.11. The van der Waals surface area contributed by atoms with Gasteiger partial charge in [-0.3, -0.25) is 10.1 Å². The van der Waals surface area contributed by atoms with Crippen molar-refractivity contribution < 1.29 is 10.1 Å². The van der Waals surface area contributed by atoms with Crippen LogP contribution < -0.4 is 0 Å². The van der Waals surface area contributed by atoms with Crippen LogP contribution in [0.4, 0.5) is 0 Å². The minimum atomic E-state index is -0.620. The van der Waals surface area contributed by atoms with Crippen LogP contribution in [0.15, 0.2) is 5.16 Å². The Morgan fingerprint density at radius 2 is 2.36 bits per heavy atom. The standard InChI is InChI=1S/C6H12N2O3/c1-3-6(8(10)11)4-5(2)7-9/h6,9H,3-4H2,1-2H3/b7-5+. The lowest BCUT2D eigenvalue weighted by Crippen LogP contribution is -2.21. The molecular weight excluding hydrogens is 148 g/mol. The predicted octanol–water partition coefficient (Wildman–Crippen LogP) is 1.28. The highest BCUT2D eigenvalue weighted by molar-refractivity contribution is 5.81.